The van der Waals surface area contributed by atoms with Crippen molar-refractivity contribution in [3.8, 4) is 0 Å². The van der Waals surface area contributed by atoms with Crippen molar-refractivity contribution >= 4 is 19.3 Å². The molecule has 0 aliphatic rings. The number of carbonyl (C=O) groups is 2. The van der Waals surface area contributed by atoms with E-state index in [-0.39, 0.29) is 11.1 Å². The maximum atomic E-state index is 13.5. The summed E-state index contributed by atoms with van der Waals surface area (Å²) in [5.74, 6) is -2.80. The van der Waals surface area contributed by atoms with Gasteiger partial charge in [0, 0.05) is 6.16 Å². The smallest absolute Gasteiger partial charge is 0.309 e. The minimum atomic E-state index is -4.50. The molecule has 28 heavy (non-hydrogen) atoms. The second-order valence-corrected chi connectivity index (χ2v) is 8.70. The summed E-state index contributed by atoms with van der Waals surface area (Å²) in [6.45, 7) is 0. The highest BCUT2D eigenvalue weighted by Gasteiger charge is 2.50. The minimum absolute atomic E-state index is 0.203. The average Bonchev–Trinajstić information content (AvgIpc) is 2.72. The van der Waals surface area contributed by atoms with Crippen LogP contribution in [0.3, 0.4) is 0 Å². The van der Waals surface area contributed by atoms with Crippen molar-refractivity contribution in [3.63, 3.8) is 0 Å². The molecule has 0 aliphatic carbocycles. The molecule has 150 valence electrons. The summed E-state index contributed by atoms with van der Waals surface area (Å²) in [7, 11) is -2.23. The van der Waals surface area contributed by atoms with Crippen LogP contribution in [0.15, 0.2) is 60.7 Å². The number of hydrogen-bond donors (Lipinski definition) is 2. The van der Waals surface area contributed by atoms with Gasteiger partial charge >= 0.3 is 11.9 Å². The first-order valence-corrected chi connectivity index (χ1v) is 10.4. The molecule has 2 unspecified atom stereocenters. The lowest BCUT2D eigenvalue weighted by Crippen LogP contribution is -2.33. The van der Waals surface area contributed by atoms with E-state index in [1.54, 1.807) is 36.4 Å². The van der Waals surface area contributed by atoms with Crippen LogP contribution in [0.25, 0.3) is 0 Å². The fourth-order valence-electron chi connectivity index (χ4n) is 3.02. The number of benzene rings is 2. The maximum absolute atomic E-state index is 13.5. The summed E-state index contributed by atoms with van der Waals surface area (Å²) in [6, 6.07) is 16.1. The highest BCUT2D eigenvalue weighted by molar-refractivity contribution is 7.59. The Morgan fingerprint density at radius 2 is 1.43 bits per heavy atom. The topological polar surface area (TPSA) is 110 Å². The van der Waals surface area contributed by atoms with Gasteiger partial charge < -0.3 is 19.5 Å². The first kappa shape index (κ1) is 21.8. The van der Waals surface area contributed by atoms with Crippen LogP contribution < -0.4 is 0 Å². The van der Waals surface area contributed by atoms with Crippen LogP contribution in [0.5, 0.6) is 0 Å². The van der Waals surface area contributed by atoms with E-state index in [2.05, 4.69) is 9.47 Å². The lowest BCUT2D eigenvalue weighted by Gasteiger charge is -2.35. The molecule has 0 heterocycles. The van der Waals surface area contributed by atoms with Gasteiger partial charge in [-0.05, 0) is 11.1 Å². The third kappa shape index (κ3) is 4.50. The molecule has 0 radical (unpaired) electrons. The van der Waals surface area contributed by atoms with Crippen molar-refractivity contribution < 1.29 is 33.6 Å². The minimum Gasteiger partial charge on any atom is -0.469 e. The Bertz CT molecular complexity index is 812. The van der Waals surface area contributed by atoms with E-state index in [1.807, 2.05) is 0 Å². The summed E-state index contributed by atoms with van der Waals surface area (Å²) in [6.07, 6.45) is -1.09. The third-order valence-corrected chi connectivity index (χ3v) is 6.96. The first-order chi connectivity index (χ1) is 13.3. The zero-order valence-electron chi connectivity index (χ0n) is 15.6. The van der Waals surface area contributed by atoms with Gasteiger partial charge in [-0.1, -0.05) is 60.7 Å². The Morgan fingerprint density at radius 3 is 1.82 bits per heavy atom. The highest BCUT2D eigenvalue weighted by Crippen LogP contribution is 2.62. The molecule has 0 amide bonds. The van der Waals surface area contributed by atoms with Gasteiger partial charge in [0.05, 0.1) is 26.6 Å². The lowest BCUT2D eigenvalue weighted by molar-refractivity contribution is -0.151. The molecular weight excluding hydrogens is 383 g/mol. The van der Waals surface area contributed by atoms with Crippen molar-refractivity contribution in [1.29, 1.82) is 0 Å². The lowest BCUT2D eigenvalue weighted by atomic mass is 10.0. The zero-order valence-corrected chi connectivity index (χ0v) is 16.5. The van der Waals surface area contributed by atoms with Gasteiger partial charge in [-0.15, -0.1) is 0 Å². The van der Waals surface area contributed by atoms with Crippen LogP contribution in [0.2, 0.25) is 0 Å². The predicted octanol–water partition coefficient (Wildman–Crippen LogP) is 2.50. The van der Waals surface area contributed by atoms with Crippen molar-refractivity contribution in [3.05, 3.63) is 71.8 Å². The van der Waals surface area contributed by atoms with Gasteiger partial charge in [-0.2, -0.15) is 0 Å². The normalized spacial score (nSPS) is 14.6. The van der Waals surface area contributed by atoms with E-state index < -0.39 is 43.2 Å². The number of ether oxygens (including phenoxy) is 2. The molecule has 7 nitrogen and oxygen atoms in total. The average molecular weight is 406 g/mol. The maximum Gasteiger partial charge on any atom is 0.309 e. The number of aliphatic hydroxyl groups is 1. The fourth-order valence-corrected chi connectivity index (χ4v) is 5.26. The van der Waals surface area contributed by atoms with Crippen molar-refractivity contribution in [2.75, 3.05) is 20.4 Å². The van der Waals surface area contributed by atoms with E-state index in [0.29, 0.717) is 0 Å². The molecule has 0 spiro atoms. The number of carbonyl (C=O) groups excluding carboxylic acids is 2. The Balaban J connectivity index is 2.53. The number of hydrogen-bond acceptors (Lipinski definition) is 6. The van der Waals surface area contributed by atoms with Gasteiger partial charge in [0.2, 0.25) is 7.37 Å². The number of rotatable bonds is 8. The molecule has 2 rings (SSSR count). The Morgan fingerprint density at radius 1 is 0.964 bits per heavy atom. The molecule has 8 heteroatoms. The van der Waals surface area contributed by atoms with E-state index in [1.165, 1.54) is 24.3 Å². The molecule has 0 bridgehead atoms. The van der Waals surface area contributed by atoms with Gasteiger partial charge in [0.1, 0.15) is 0 Å². The van der Waals surface area contributed by atoms with Crippen LogP contribution in [0.4, 0.5) is 0 Å². The molecule has 2 aromatic rings. The summed E-state index contributed by atoms with van der Waals surface area (Å²) < 4.78 is 22.7. The largest absolute Gasteiger partial charge is 0.469 e. The van der Waals surface area contributed by atoms with E-state index >= 15 is 0 Å². The highest BCUT2D eigenvalue weighted by atomic mass is 31.2. The SMILES string of the molecule is COC(=O)CC(CP(=O)(O)C(O)(c1ccccc1)c1ccccc1)C(=O)OC. The monoisotopic (exact) mass is 406 g/mol. The number of methoxy groups -OCH3 is 2. The Labute approximate surface area is 163 Å². The van der Waals surface area contributed by atoms with Crippen molar-refractivity contribution in [2.24, 2.45) is 5.92 Å². The van der Waals surface area contributed by atoms with Crippen LogP contribution in [0, 0.1) is 5.92 Å². The van der Waals surface area contributed by atoms with Crippen LogP contribution in [0.1, 0.15) is 17.5 Å². The van der Waals surface area contributed by atoms with Crippen LogP contribution >= 0.6 is 7.37 Å². The fraction of sp³-hybridized carbons (Fsp3) is 0.300. The molecule has 0 aromatic heterocycles. The molecule has 0 saturated carbocycles. The molecular formula is C20H23O7P. The van der Waals surface area contributed by atoms with E-state index in [9.17, 15) is 24.2 Å². The second kappa shape index (κ2) is 9.15. The molecule has 2 atom stereocenters. The third-order valence-electron chi connectivity index (χ3n) is 4.50. The summed E-state index contributed by atoms with van der Waals surface area (Å²) >= 11 is 0. The van der Waals surface area contributed by atoms with Gasteiger partial charge in [0.25, 0.3) is 0 Å². The van der Waals surface area contributed by atoms with Gasteiger partial charge in [0.15, 0.2) is 5.34 Å². The van der Waals surface area contributed by atoms with E-state index in [4.69, 9.17) is 0 Å². The van der Waals surface area contributed by atoms with Gasteiger partial charge in [-0.3, -0.25) is 14.2 Å². The molecule has 2 aromatic carbocycles. The van der Waals surface area contributed by atoms with Crippen LogP contribution in [-0.2, 0) is 29.0 Å². The van der Waals surface area contributed by atoms with Crippen molar-refractivity contribution in [2.45, 2.75) is 11.8 Å². The molecule has 2 N–H and O–H groups in total. The predicted molar refractivity (Wildman–Crippen MR) is 103 cm³/mol. The molecule has 0 aliphatic heterocycles. The Kier molecular flexibility index (Phi) is 7.13. The summed E-state index contributed by atoms with van der Waals surface area (Å²) in [5, 5.41) is 9.23. The van der Waals surface area contributed by atoms with Gasteiger partial charge in [-0.25, -0.2) is 0 Å². The zero-order chi connectivity index (χ0) is 20.8. The number of esters is 2. The molecule has 0 saturated heterocycles. The van der Waals surface area contributed by atoms with Crippen molar-refractivity contribution in [1.82, 2.24) is 0 Å². The summed E-state index contributed by atoms with van der Waals surface area (Å²) in [5.41, 5.74) is 0.405. The second-order valence-electron chi connectivity index (χ2n) is 6.29. The quantitative estimate of drug-likeness (QED) is 0.512. The molecule has 0 fully saturated rings. The van der Waals surface area contributed by atoms with Crippen LogP contribution in [-0.4, -0.2) is 42.3 Å². The standard InChI is InChI=1S/C20H23O7P/c1-26-18(21)13-15(19(22)27-2)14-28(24,25)20(23,16-9-5-3-6-10-16)17-11-7-4-8-12-17/h3-12,15,23H,13-14H2,1-2H3,(H,24,25). The first-order valence-electron chi connectivity index (χ1n) is 8.56. The Hall–Kier alpha value is -2.47. The van der Waals surface area contributed by atoms with E-state index in [0.717, 1.165) is 14.2 Å². The summed E-state index contributed by atoms with van der Waals surface area (Å²) in [4.78, 5) is 34.7.